The van der Waals surface area contributed by atoms with Gasteiger partial charge in [-0.05, 0) is 81.3 Å². The Morgan fingerprint density at radius 3 is 2.49 bits per heavy atom. The van der Waals surface area contributed by atoms with Crippen molar-refractivity contribution in [2.75, 3.05) is 6.54 Å². The fourth-order valence-electron chi connectivity index (χ4n) is 7.60. The van der Waals surface area contributed by atoms with Gasteiger partial charge in [0.25, 0.3) is 5.91 Å². The van der Waals surface area contributed by atoms with Crippen molar-refractivity contribution in [3.8, 4) is 0 Å². The summed E-state index contributed by atoms with van der Waals surface area (Å²) in [6.07, 6.45) is 4.60. The summed E-state index contributed by atoms with van der Waals surface area (Å²) in [4.78, 5) is 27.8. The monoisotopic (exact) mass is 577 g/mol. The molecule has 0 saturated heterocycles. The van der Waals surface area contributed by atoms with E-state index >= 15 is 0 Å². The topological polar surface area (TPSA) is 75.4 Å². The Kier molecular flexibility index (Phi) is 7.66. The quantitative estimate of drug-likeness (QED) is 0.366. The molecule has 1 heterocycles. The Bertz CT molecular complexity index is 1280. The summed E-state index contributed by atoms with van der Waals surface area (Å²) in [5.41, 5.74) is 1.65. The average Bonchev–Trinajstić information content (AvgIpc) is 3.25. The SMILES string of the molecule is CC(=O)[C@H]1CC[C@H](n2ncc(C(=O)N(CC(O)c3c(Cl)ccc(F)c3Cl)C3C[C@@H]4[C@H](C3)C4(C)C)c2C)C[C@H]1C. The zero-order chi connectivity index (χ0) is 28.4. The lowest BCUT2D eigenvalue weighted by Crippen LogP contribution is -2.43. The number of hydrogen-bond acceptors (Lipinski definition) is 4. The van der Waals surface area contributed by atoms with Gasteiger partial charge in [-0.3, -0.25) is 14.3 Å². The maximum absolute atomic E-state index is 14.2. The summed E-state index contributed by atoms with van der Waals surface area (Å²) in [6, 6.07) is 2.62. The third-order valence-corrected chi connectivity index (χ3v) is 10.8. The number of hydrogen-bond donors (Lipinski definition) is 1. The Morgan fingerprint density at radius 2 is 1.87 bits per heavy atom. The number of carbonyl (C=O) groups excluding carboxylic acids is 2. The molecule has 5 rings (SSSR count). The molecule has 1 amide bonds. The summed E-state index contributed by atoms with van der Waals surface area (Å²) in [7, 11) is 0. The third kappa shape index (κ3) is 5.04. The number of amides is 1. The lowest BCUT2D eigenvalue weighted by Gasteiger charge is -2.34. The van der Waals surface area contributed by atoms with Gasteiger partial charge in [0.15, 0.2) is 0 Å². The molecule has 0 aliphatic heterocycles. The van der Waals surface area contributed by atoms with Gasteiger partial charge in [0.2, 0.25) is 0 Å². The Balaban J connectivity index is 1.41. The highest BCUT2D eigenvalue weighted by atomic mass is 35.5. The maximum Gasteiger partial charge on any atom is 0.257 e. The van der Waals surface area contributed by atoms with Gasteiger partial charge in [0.1, 0.15) is 11.6 Å². The van der Waals surface area contributed by atoms with Crippen LogP contribution in [-0.4, -0.2) is 44.1 Å². The number of benzene rings is 1. The minimum absolute atomic E-state index is 0.0440. The second-order valence-electron chi connectivity index (χ2n) is 12.6. The van der Waals surface area contributed by atoms with Crippen molar-refractivity contribution in [3.63, 3.8) is 0 Å². The van der Waals surface area contributed by atoms with Crippen LogP contribution in [0.15, 0.2) is 18.3 Å². The first kappa shape index (κ1) is 28.6. The number of aromatic nitrogens is 2. The van der Waals surface area contributed by atoms with E-state index < -0.39 is 11.9 Å². The minimum atomic E-state index is -1.24. The Labute approximate surface area is 239 Å². The molecule has 7 atom stereocenters. The second-order valence-corrected chi connectivity index (χ2v) is 13.4. The predicted molar refractivity (Wildman–Crippen MR) is 149 cm³/mol. The lowest BCUT2D eigenvalue weighted by atomic mass is 9.76. The molecule has 9 heteroatoms. The number of Topliss-reactive ketones (excluding diaryl/α,β-unsaturated/α-hetero) is 1. The minimum Gasteiger partial charge on any atom is -0.386 e. The molecule has 0 bridgehead atoms. The number of aliphatic hydroxyl groups is 1. The molecule has 3 fully saturated rings. The molecule has 1 aromatic carbocycles. The van der Waals surface area contributed by atoms with Crippen LogP contribution in [0.25, 0.3) is 0 Å². The van der Waals surface area contributed by atoms with Gasteiger partial charge in [0, 0.05) is 28.2 Å². The highest BCUT2D eigenvalue weighted by Gasteiger charge is 2.63. The zero-order valence-corrected chi connectivity index (χ0v) is 24.8. The van der Waals surface area contributed by atoms with E-state index in [9.17, 15) is 19.1 Å². The van der Waals surface area contributed by atoms with Gasteiger partial charge in [0.05, 0.1) is 35.5 Å². The van der Waals surface area contributed by atoms with Crippen molar-refractivity contribution < 1.29 is 19.1 Å². The number of carbonyl (C=O) groups is 2. The van der Waals surface area contributed by atoms with E-state index in [0.29, 0.717) is 17.4 Å². The largest absolute Gasteiger partial charge is 0.386 e. The molecule has 6 nitrogen and oxygen atoms in total. The van der Waals surface area contributed by atoms with Crippen molar-refractivity contribution in [1.82, 2.24) is 14.7 Å². The van der Waals surface area contributed by atoms with Gasteiger partial charge in [-0.15, -0.1) is 0 Å². The predicted octanol–water partition coefficient (Wildman–Crippen LogP) is 6.81. The Morgan fingerprint density at radius 1 is 1.21 bits per heavy atom. The summed E-state index contributed by atoms with van der Waals surface area (Å²) < 4.78 is 16.2. The van der Waals surface area contributed by atoms with E-state index in [-0.39, 0.29) is 63.2 Å². The summed E-state index contributed by atoms with van der Waals surface area (Å²) >= 11 is 12.5. The van der Waals surface area contributed by atoms with Crippen molar-refractivity contribution in [2.24, 2.45) is 29.1 Å². The van der Waals surface area contributed by atoms with Gasteiger partial charge in [-0.1, -0.05) is 44.0 Å². The van der Waals surface area contributed by atoms with Gasteiger partial charge < -0.3 is 10.0 Å². The van der Waals surface area contributed by atoms with Crippen LogP contribution in [0.4, 0.5) is 4.39 Å². The fraction of sp³-hybridized carbons (Fsp3) is 0.633. The molecule has 0 radical (unpaired) electrons. The van der Waals surface area contributed by atoms with Crippen LogP contribution in [0.5, 0.6) is 0 Å². The molecule has 39 heavy (non-hydrogen) atoms. The van der Waals surface area contributed by atoms with Crippen LogP contribution in [0.3, 0.4) is 0 Å². The van der Waals surface area contributed by atoms with Crippen LogP contribution in [-0.2, 0) is 4.79 Å². The molecule has 3 saturated carbocycles. The van der Waals surface area contributed by atoms with Gasteiger partial charge in [-0.2, -0.15) is 5.10 Å². The molecular weight excluding hydrogens is 540 g/mol. The molecule has 0 spiro atoms. The molecule has 3 aliphatic rings. The average molecular weight is 579 g/mol. The highest BCUT2D eigenvalue weighted by molar-refractivity contribution is 6.36. The highest BCUT2D eigenvalue weighted by Crippen LogP contribution is 2.67. The normalized spacial score (nSPS) is 30.1. The summed E-state index contributed by atoms with van der Waals surface area (Å²) in [6.45, 7) is 10.2. The first-order chi connectivity index (χ1) is 18.3. The van der Waals surface area contributed by atoms with Crippen LogP contribution in [0, 0.1) is 41.8 Å². The van der Waals surface area contributed by atoms with Crippen molar-refractivity contribution >= 4 is 34.9 Å². The van der Waals surface area contributed by atoms with E-state index in [1.165, 1.54) is 12.1 Å². The number of fused-ring (bicyclic) bond motifs is 1. The van der Waals surface area contributed by atoms with E-state index in [1.807, 2.05) is 11.6 Å². The van der Waals surface area contributed by atoms with Crippen molar-refractivity contribution in [3.05, 3.63) is 51.0 Å². The number of nitrogens with zero attached hydrogens (tertiary/aromatic N) is 3. The molecule has 1 aromatic heterocycles. The maximum atomic E-state index is 14.2. The van der Waals surface area contributed by atoms with Crippen molar-refractivity contribution in [1.29, 1.82) is 0 Å². The summed E-state index contributed by atoms with van der Waals surface area (Å²) in [5.74, 6) is 0.786. The first-order valence-electron chi connectivity index (χ1n) is 14.0. The number of aliphatic hydroxyl groups excluding tert-OH is 1. The van der Waals surface area contributed by atoms with Gasteiger partial charge >= 0.3 is 0 Å². The molecule has 1 N–H and O–H groups in total. The van der Waals surface area contributed by atoms with Crippen LogP contribution < -0.4 is 0 Å². The third-order valence-electron chi connectivity index (χ3n) is 10.1. The lowest BCUT2D eigenvalue weighted by molar-refractivity contribution is -0.123. The molecule has 2 unspecified atom stereocenters. The van der Waals surface area contributed by atoms with E-state index in [2.05, 4.69) is 25.9 Å². The number of rotatable bonds is 7. The summed E-state index contributed by atoms with van der Waals surface area (Å²) in [5, 5.41) is 15.8. The zero-order valence-electron chi connectivity index (χ0n) is 23.3. The van der Waals surface area contributed by atoms with Crippen LogP contribution >= 0.6 is 23.2 Å². The Hall–Kier alpha value is -1.96. The van der Waals surface area contributed by atoms with Crippen LogP contribution in [0.1, 0.15) is 93.6 Å². The van der Waals surface area contributed by atoms with E-state index in [0.717, 1.165) is 37.8 Å². The van der Waals surface area contributed by atoms with E-state index in [1.54, 1.807) is 18.0 Å². The second kappa shape index (κ2) is 10.5. The number of ketones is 1. The fourth-order valence-corrected chi connectivity index (χ4v) is 8.23. The standard InChI is InChI=1S/C30H38Cl2FN3O3/c1-15-10-18(6-7-20(15)17(3)37)36-16(2)21(13-34-36)29(39)35(19-11-22-23(12-19)30(22,4)5)14-26(38)27-24(31)8-9-25(33)28(27)32/h8-9,13,15,18-20,22-23,26,38H,6-7,10-12,14H2,1-5H3/t15-,18+,19?,20+,22-,23+,26?/m1/s1. The molecule has 2 aromatic rings. The first-order valence-corrected chi connectivity index (χ1v) is 14.7. The van der Waals surface area contributed by atoms with E-state index in [4.69, 9.17) is 23.2 Å². The van der Waals surface area contributed by atoms with Gasteiger partial charge in [-0.25, -0.2) is 4.39 Å². The number of halogens is 3. The molecular formula is C30H38Cl2FN3O3. The smallest absolute Gasteiger partial charge is 0.257 e. The van der Waals surface area contributed by atoms with Crippen molar-refractivity contribution in [2.45, 2.75) is 84.9 Å². The molecule has 3 aliphatic carbocycles. The molecule has 212 valence electrons. The van der Waals surface area contributed by atoms with Crippen LogP contribution in [0.2, 0.25) is 10.0 Å².